The molecule has 4 aromatic carbocycles. The van der Waals surface area contributed by atoms with Crippen LogP contribution in [0, 0.1) is 0 Å². The first-order valence-corrected chi connectivity index (χ1v) is 16.5. The van der Waals surface area contributed by atoms with Crippen LogP contribution in [0.25, 0.3) is 28.0 Å². The second kappa shape index (κ2) is 13.9. The minimum absolute atomic E-state index is 0.203. The maximum Gasteiger partial charge on any atom is 0.370 e. The second-order valence-electron chi connectivity index (χ2n) is 12.7. The number of fused-ring (bicyclic) bond motifs is 6. The lowest BCUT2D eigenvalue weighted by atomic mass is 9.74. The van der Waals surface area contributed by atoms with Crippen molar-refractivity contribution in [2.24, 2.45) is 0 Å². The molecule has 1 heterocycles. The number of aliphatic carboxylic acids is 1. The predicted molar refractivity (Wildman–Crippen MR) is 181 cm³/mol. The van der Waals surface area contributed by atoms with Crippen molar-refractivity contribution in [2.45, 2.75) is 43.7 Å². The Morgan fingerprint density at radius 1 is 0.750 bits per heavy atom. The monoisotopic (exact) mass is 654 g/mol. The molecular weight excluding hydrogens is 615 g/mol. The Bertz CT molecular complexity index is 1750. The average molecular weight is 655 g/mol. The second-order valence-corrected chi connectivity index (χ2v) is 12.7. The Labute approximate surface area is 279 Å². The number of benzene rings is 4. The number of piperazine rings is 1. The molecule has 1 amide bonds. The largest absolute Gasteiger partial charge is 0.670 e. The van der Waals surface area contributed by atoms with Crippen LogP contribution in [0.15, 0.2) is 91.0 Å². The van der Waals surface area contributed by atoms with E-state index in [9.17, 15) is 27.9 Å². The van der Waals surface area contributed by atoms with Crippen molar-refractivity contribution in [2.75, 3.05) is 39.3 Å². The summed E-state index contributed by atoms with van der Waals surface area (Å²) in [5.74, 6) is -0.561. The Morgan fingerprint density at radius 3 is 1.92 bits per heavy atom. The van der Waals surface area contributed by atoms with Gasteiger partial charge >= 0.3 is 12.1 Å². The van der Waals surface area contributed by atoms with Crippen molar-refractivity contribution in [3.63, 3.8) is 0 Å². The third kappa shape index (κ3) is 6.62. The molecule has 6 nitrogen and oxygen atoms in total. The lowest BCUT2D eigenvalue weighted by molar-refractivity contribution is -0.142. The fourth-order valence-electron chi connectivity index (χ4n) is 7.57. The van der Waals surface area contributed by atoms with Crippen molar-refractivity contribution >= 4 is 11.9 Å². The van der Waals surface area contributed by atoms with Gasteiger partial charge in [0.25, 0.3) is 0 Å². The van der Waals surface area contributed by atoms with E-state index < -0.39 is 24.1 Å². The molecule has 4 aromatic rings. The number of alkyl halides is 3. The Kier molecular flexibility index (Phi) is 9.71. The van der Waals surface area contributed by atoms with Gasteiger partial charge in [-0.1, -0.05) is 104 Å². The summed E-state index contributed by atoms with van der Waals surface area (Å²) in [6.07, 6.45) is -0.562. The number of hydrogen-bond donors (Lipinski definition) is 1. The first kappa shape index (κ1) is 33.4. The van der Waals surface area contributed by atoms with Crippen LogP contribution in [0.1, 0.15) is 47.1 Å². The lowest BCUT2D eigenvalue weighted by Crippen LogP contribution is -2.49. The molecular formula is C39H39F3N3O3-. The molecule has 9 heteroatoms. The zero-order chi connectivity index (χ0) is 33.9. The molecule has 48 heavy (non-hydrogen) atoms. The molecule has 1 fully saturated rings. The van der Waals surface area contributed by atoms with Crippen molar-refractivity contribution in [1.82, 2.24) is 9.80 Å². The van der Waals surface area contributed by atoms with Gasteiger partial charge < -0.3 is 15.7 Å². The minimum atomic E-state index is -4.29. The highest BCUT2D eigenvalue weighted by Crippen LogP contribution is 2.51. The molecule has 2 aliphatic carbocycles. The summed E-state index contributed by atoms with van der Waals surface area (Å²) in [5.41, 5.74) is 15.0. The summed E-state index contributed by atoms with van der Waals surface area (Å²) in [5, 5.41) is 10.5. The molecule has 0 aromatic heterocycles. The third-order valence-electron chi connectivity index (χ3n) is 9.88. The van der Waals surface area contributed by atoms with E-state index in [1.807, 2.05) is 53.4 Å². The number of hydrogen-bond acceptors (Lipinski definition) is 3. The van der Waals surface area contributed by atoms with Crippen LogP contribution in [-0.2, 0) is 27.8 Å². The summed E-state index contributed by atoms with van der Waals surface area (Å²) in [7, 11) is 0. The fourth-order valence-corrected chi connectivity index (χ4v) is 7.57. The number of carboxylic acid groups (broad SMARTS) is 1. The molecule has 2 N–H and O–H groups in total. The fraction of sp³-hybridized carbons (Fsp3) is 0.333. The number of unbranched alkanes of at least 4 members (excludes halogenated alkanes) is 1. The number of rotatable bonds is 8. The summed E-state index contributed by atoms with van der Waals surface area (Å²) in [6, 6.07) is 30.9. The van der Waals surface area contributed by atoms with Crippen molar-refractivity contribution in [1.29, 1.82) is 0 Å². The van der Waals surface area contributed by atoms with Gasteiger partial charge in [0, 0.05) is 26.2 Å². The van der Waals surface area contributed by atoms with Crippen molar-refractivity contribution in [3.8, 4) is 22.3 Å². The molecule has 1 saturated heterocycles. The SMILES string of the molecule is O=C(Cc1cccc2c1-c1ccccc1C2)N1CCN(CCCCC2(C(=O)O)c3ccccc3-c3ccccc32)CC1.[NH-]CC(F)(F)F. The van der Waals surface area contributed by atoms with Gasteiger partial charge in [0.1, 0.15) is 5.41 Å². The first-order valence-electron chi connectivity index (χ1n) is 16.5. The predicted octanol–water partition coefficient (Wildman–Crippen LogP) is 7.77. The van der Waals surface area contributed by atoms with Gasteiger partial charge in [0.2, 0.25) is 5.91 Å². The third-order valence-corrected chi connectivity index (χ3v) is 9.88. The Hall–Kier alpha value is -4.47. The molecule has 7 rings (SSSR count). The molecule has 0 radical (unpaired) electrons. The molecule has 1 aliphatic heterocycles. The van der Waals surface area contributed by atoms with Crippen molar-refractivity contribution < 1.29 is 27.9 Å². The number of nitrogens with zero attached hydrogens (tertiary/aromatic N) is 2. The summed E-state index contributed by atoms with van der Waals surface area (Å²) in [6.45, 7) is 2.64. The molecule has 0 atom stereocenters. The summed E-state index contributed by atoms with van der Waals surface area (Å²) >= 11 is 0. The lowest BCUT2D eigenvalue weighted by Gasteiger charge is -2.35. The highest BCUT2D eigenvalue weighted by molar-refractivity contribution is 5.97. The minimum Gasteiger partial charge on any atom is -0.670 e. The quantitative estimate of drug-likeness (QED) is 0.173. The summed E-state index contributed by atoms with van der Waals surface area (Å²) in [4.78, 5) is 30.6. The molecule has 0 unspecified atom stereocenters. The van der Waals surface area contributed by atoms with Gasteiger partial charge in [0.05, 0.1) is 6.42 Å². The zero-order valence-electron chi connectivity index (χ0n) is 26.7. The number of carbonyl (C=O) groups is 2. The summed E-state index contributed by atoms with van der Waals surface area (Å²) < 4.78 is 31.8. The molecule has 250 valence electrons. The molecule has 0 bridgehead atoms. The van der Waals surface area contributed by atoms with Gasteiger partial charge in [-0.05, 0) is 75.9 Å². The maximum absolute atomic E-state index is 13.3. The van der Waals surface area contributed by atoms with E-state index in [-0.39, 0.29) is 5.91 Å². The maximum atomic E-state index is 13.3. The van der Waals surface area contributed by atoms with Crippen LogP contribution in [0.2, 0.25) is 0 Å². The first-order chi connectivity index (χ1) is 23.1. The van der Waals surface area contributed by atoms with E-state index in [1.54, 1.807) is 0 Å². The molecule has 0 spiro atoms. The number of amides is 1. The van der Waals surface area contributed by atoms with Gasteiger partial charge in [-0.25, -0.2) is 0 Å². The molecule has 0 saturated carbocycles. The number of nitrogens with one attached hydrogen (secondary N) is 1. The normalized spacial score (nSPS) is 15.9. The average Bonchev–Trinajstić information content (AvgIpc) is 3.62. The van der Waals surface area contributed by atoms with Crippen LogP contribution >= 0.6 is 0 Å². The van der Waals surface area contributed by atoms with Crippen LogP contribution in [0.3, 0.4) is 0 Å². The van der Waals surface area contributed by atoms with E-state index in [1.165, 1.54) is 22.3 Å². The molecule has 3 aliphatic rings. The van der Waals surface area contributed by atoms with Crippen LogP contribution < -0.4 is 0 Å². The highest BCUT2D eigenvalue weighted by atomic mass is 19.4. The zero-order valence-corrected chi connectivity index (χ0v) is 26.7. The van der Waals surface area contributed by atoms with Gasteiger partial charge in [-0.2, -0.15) is 13.2 Å². The van der Waals surface area contributed by atoms with E-state index in [2.05, 4.69) is 47.4 Å². The van der Waals surface area contributed by atoms with Gasteiger partial charge in [-0.3, -0.25) is 14.5 Å². The number of carbonyl (C=O) groups excluding carboxylic acids is 1. The van der Waals surface area contributed by atoms with Crippen LogP contribution in [0.4, 0.5) is 13.2 Å². The van der Waals surface area contributed by atoms with Crippen LogP contribution in [0.5, 0.6) is 0 Å². The van der Waals surface area contributed by atoms with Gasteiger partial charge in [0.15, 0.2) is 0 Å². The number of halogens is 3. The standard InChI is InChI=1S/C37H36N2O3.C2H3F3N/c40-34(25-28-12-9-11-27-24-26-10-1-2-13-29(26)35(27)28)39-22-20-38(21-23-39)19-8-7-18-37(36(41)42)32-16-5-3-14-30(32)31-15-4-6-17-33(31)37;3-2(4,5)1-6/h1-6,9-17H,7-8,18-25H2,(H,41,42);6H,1H2/q;-1. The van der Waals surface area contributed by atoms with E-state index in [0.717, 1.165) is 79.8 Å². The van der Waals surface area contributed by atoms with E-state index in [0.29, 0.717) is 12.8 Å². The van der Waals surface area contributed by atoms with E-state index >= 15 is 0 Å². The van der Waals surface area contributed by atoms with Crippen molar-refractivity contribution in [3.05, 3.63) is 125 Å². The van der Waals surface area contributed by atoms with Crippen LogP contribution in [-0.4, -0.2) is 72.2 Å². The topological polar surface area (TPSA) is 84.7 Å². The Morgan fingerprint density at radius 2 is 1.31 bits per heavy atom. The highest BCUT2D eigenvalue weighted by Gasteiger charge is 2.48. The Balaban J connectivity index is 0.000000615. The van der Waals surface area contributed by atoms with E-state index in [4.69, 9.17) is 5.73 Å². The number of carboxylic acids is 1. The van der Waals surface area contributed by atoms with Gasteiger partial charge in [-0.15, -0.1) is 0 Å². The smallest absolute Gasteiger partial charge is 0.370 e.